The molecule has 9 nitrogen and oxygen atoms in total. The number of benzene rings is 1. The molecule has 2 aliphatic heterocycles. The lowest BCUT2D eigenvalue weighted by Crippen LogP contribution is -2.57. The molecular formula is C19H21N3O6. The van der Waals surface area contributed by atoms with E-state index < -0.39 is 6.04 Å². The highest BCUT2D eigenvalue weighted by Crippen LogP contribution is 2.35. The van der Waals surface area contributed by atoms with Gasteiger partial charge in [-0.3, -0.25) is 9.59 Å². The zero-order valence-corrected chi connectivity index (χ0v) is 15.7. The van der Waals surface area contributed by atoms with Crippen molar-refractivity contribution in [3.05, 3.63) is 36.0 Å². The van der Waals surface area contributed by atoms with E-state index in [-0.39, 0.29) is 36.8 Å². The van der Waals surface area contributed by atoms with Gasteiger partial charge in [0.25, 0.3) is 5.91 Å². The van der Waals surface area contributed by atoms with E-state index in [4.69, 9.17) is 18.6 Å². The number of hydrogen-bond donors (Lipinski definition) is 0. The Morgan fingerprint density at radius 1 is 1.29 bits per heavy atom. The standard InChI is InChI=1S/C19H21N3O6/c1-3-14-19(24)21(2)6-7-22(14)18(23)13-9-26-17(20-13)10-25-12-4-5-15-16(8-12)28-11-27-15/h4-5,8-9,14H,3,6-7,10-11H2,1-2H3/t14-/m0/s1. The van der Waals surface area contributed by atoms with Gasteiger partial charge in [-0.2, -0.15) is 0 Å². The second-order valence-corrected chi connectivity index (χ2v) is 6.61. The fourth-order valence-electron chi connectivity index (χ4n) is 3.28. The van der Waals surface area contributed by atoms with E-state index in [9.17, 15) is 9.59 Å². The predicted octanol–water partition coefficient (Wildman–Crippen LogP) is 1.68. The third kappa shape index (κ3) is 3.35. The molecule has 1 atom stereocenters. The number of piperazine rings is 1. The second-order valence-electron chi connectivity index (χ2n) is 6.61. The molecule has 148 valence electrons. The Morgan fingerprint density at radius 3 is 2.93 bits per heavy atom. The Labute approximate surface area is 161 Å². The summed E-state index contributed by atoms with van der Waals surface area (Å²) >= 11 is 0. The number of amides is 2. The lowest BCUT2D eigenvalue weighted by molar-refractivity contribution is -0.138. The Morgan fingerprint density at radius 2 is 2.11 bits per heavy atom. The van der Waals surface area contributed by atoms with Crippen LogP contribution in [0.15, 0.2) is 28.9 Å². The Hall–Kier alpha value is -3.23. The fourth-order valence-corrected chi connectivity index (χ4v) is 3.28. The van der Waals surface area contributed by atoms with Crippen LogP contribution in [0, 0.1) is 0 Å². The van der Waals surface area contributed by atoms with E-state index >= 15 is 0 Å². The summed E-state index contributed by atoms with van der Waals surface area (Å²) in [6, 6.07) is 4.76. The first-order valence-corrected chi connectivity index (χ1v) is 9.09. The molecule has 2 amide bonds. The van der Waals surface area contributed by atoms with E-state index in [1.54, 1.807) is 35.0 Å². The first kappa shape index (κ1) is 18.1. The fraction of sp³-hybridized carbons (Fsp3) is 0.421. The molecule has 0 radical (unpaired) electrons. The summed E-state index contributed by atoms with van der Waals surface area (Å²) in [5, 5.41) is 0. The molecular weight excluding hydrogens is 366 g/mol. The number of hydrogen-bond acceptors (Lipinski definition) is 7. The van der Waals surface area contributed by atoms with Crippen LogP contribution < -0.4 is 14.2 Å². The summed E-state index contributed by atoms with van der Waals surface area (Å²) in [5.74, 6) is 1.76. The van der Waals surface area contributed by atoms with Gasteiger partial charge in [-0.1, -0.05) is 6.92 Å². The van der Waals surface area contributed by atoms with E-state index in [0.717, 1.165) is 0 Å². The van der Waals surface area contributed by atoms with Crippen molar-refractivity contribution in [1.29, 1.82) is 0 Å². The number of aromatic nitrogens is 1. The van der Waals surface area contributed by atoms with E-state index in [1.165, 1.54) is 6.26 Å². The SMILES string of the molecule is CC[C@H]1C(=O)N(C)CCN1C(=O)c1coc(COc2ccc3c(c2)OCO3)n1. The van der Waals surface area contributed by atoms with Crippen molar-refractivity contribution < 1.29 is 28.2 Å². The van der Waals surface area contributed by atoms with Crippen molar-refractivity contribution in [1.82, 2.24) is 14.8 Å². The molecule has 2 aliphatic rings. The van der Waals surface area contributed by atoms with Crippen LogP contribution in [-0.4, -0.2) is 59.6 Å². The van der Waals surface area contributed by atoms with Gasteiger partial charge in [0.15, 0.2) is 23.8 Å². The summed E-state index contributed by atoms with van der Waals surface area (Å²) in [6.45, 7) is 3.10. The molecule has 1 fully saturated rings. The minimum Gasteiger partial charge on any atom is -0.484 e. The van der Waals surface area contributed by atoms with Crippen LogP contribution in [0.25, 0.3) is 0 Å². The third-order valence-corrected chi connectivity index (χ3v) is 4.84. The molecule has 0 spiro atoms. The average Bonchev–Trinajstić information content (AvgIpc) is 3.36. The quantitative estimate of drug-likeness (QED) is 0.770. The number of nitrogens with zero attached hydrogens (tertiary/aromatic N) is 3. The molecule has 0 unspecified atom stereocenters. The lowest BCUT2D eigenvalue weighted by Gasteiger charge is -2.38. The molecule has 1 aromatic heterocycles. The number of likely N-dealkylation sites (N-methyl/N-ethyl adjacent to an activating group) is 1. The topological polar surface area (TPSA) is 94.3 Å². The molecule has 28 heavy (non-hydrogen) atoms. The maximum Gasteiger partial charge on any atom is 0.276 e. The van der Waals surface area contributed by atoms with Gasteiger partial charge in [-0.25, -0.2) is 4.98 Å². The van der Waals surface area contributed by atoms with Crippen LogP contribution in [0.5, 0.6) is 17.2 Å². The molecule has 1 saturated heterocycles. The number of ether oxygens (including phenoxy) is 3. The summed E-state index contributed by atoms with van der Waals surface area (Å²) in [7, 11) is 1.74. The highest BCUT2D eigenvalue weighted by molar-refractivity contribution is 5.96. The van der Waals surface area contributed by atoms with Gasteiger partial charge < -0.3 is 28.4 Å². The van der Waals surface area contributed by atoms with Gasteiger partial charge in [-0.15, -0.1) is 0 Å². The third-order valence-electron chi connectivity index (χ3n) is 4.84. The number of carbonyl (C=O) groups excluding carboxylic acids is 2. The average molecular weight is 387 g/mol. The van der Waals surface area contributed by atoms with Crippen LogP contribution in [0.3, 0.4) is 0 Å². The van der Waals surface area contributed by atoms with E-state index in [2.05, 4.69) is 4.98 Å². The molecule has 2 aromatic rings. The van der Waals surface area contributed by atoms with Crippen LogP contribution in [-0.2, 0) is 11.4 Å². The normalized spacial score (nSPS) is 18.5. The van der Waals surface area contributed by atoms with E-state index in [0.29, 0.717) is 36.8 Å². The van der Waals surface area contributed by atoms with Crippen LogP contribution in [0.1, 0.15) is 29.7 Å². The zero-order valence-electron chi connectivity index (χ0n) is 15.7. The molecule has 0 saturated carbocycles. The van der Waals surface area contributed by atoms with Crippen molar-refractivity contribution in [2.45, 2.75) is 26.0 Å². The molecule has 0 N–H and O–H groups in total. The predicted molar refractivity (Wildman–Crippen MR) is 96.2 cm³/mol. The maximum atomic E-state index is 12.8. The van der Waals surface area contributed by atoms with Crippen LogP contribution in [0.2, 0.25) is 0 Å². The zero-order chi connectivity index (χ0) is 19.7. The lowest BCUT2D eigenvalue weighted by atomic mass is 10.1. The highest BCUT2D eigenvalue weighted by atomic mass is 16.7. The van der Waals surface area contributed by atoms with Crippen molar-refractivity contribution in [3.8, 4) is 17.2 Å². The minimum atomic E-state index is -0.476. The highest BCUT2D eigenvalue weighted by Gasteiger charge is 2.36. The van der Waals surface area contributed by atoms with Gasteiger partial charge in [0.1, 0.15) is 18.1 Å². The summed E-state index contributed by atoms with van der Waals surface area (Å²) in [4.78, 5) is 32.5. The Balaban J connectivity index is 1.41. The van der Waals surface area contributed by atoms with E-state index in [1.807, 2.05) is 6.92 Å². The number of oxazole rings is 1. The van der Waals surface area contributed by atoms with Crippen molar-refractivity contribution in [3.63, 3.8) is 0 Å². The van der Waals surface area contributed by atoms with Crippen LogP contribution in [0.4, 0.5) is 0 Å². The maximum absolute atomic E-state index is 12.8. The van der Waals surface area contributed by atoms with Gasteiger partial charge >= 0.3 is 0 Å². The van der Waals surface area contributed by atoms with Gasteiger partial charge in [0.2, 0.25) is 18.6 Å². The van der Waals surface area contributed by atoms with Crippen molar-refractivity contribution >= 4 is 11.8 Å². The smallest absolute Gasteiger partial charge is 0.276 e. The summed E-state index contributed by atoms with van der Waals surface area (Å²) in [5.41, 5.74) is 0.167. The summed E-state index contributed by atoms with van der Waals surface area (Å²) in [6.07, 6.45) is 1.85. The molecule has 0 aliphatic carbocycles. The minimum absolute atomic E-state index is 0.0584. The Bertz CT molecular complexity index is 896. The number of fused-ring (bicyclic) bond motifs is 1. The molecule has 3 heterocycles. The molecule has 1 aromatic carbocycles. The monoisotopic (exact) mass is 387 g/mol. The summed E-state index contributed by atoms with van der Waals surface area (Å²) < 4.78 is 21.6. The first-order chi connectivity index (χ1) is 13.6. The molecule has 9 heteroatoms. The van der Waals surface area contributed by atoms with Gasteiger partial charge in [-0.05, 0) is 18.6 Å². The van der Waals surface area contributed by atoms with Gasteiger partial charge in [0.05, 0.1) is 0 Å². The van der Waals surface area contributed by atoms with Crippen molar-refractivity contribution in [2.24, 2.45) is 0 Å². The first-order valence-electron chi connectivity index (χ1n) is 9.09. The molecule has 4 rings (SSSR count). The largest absolute Gasteiger partial charge is 0.484 e. The second kappa shape index (κ2) is 7.41. The number of rotatable bonds is 5. The van der Waals surface area contributed by atoms with Crippen LogP contribution >= 0.6 is 0 Å². The van der Waals surface area contributed by atoms with Gasteiger partial charge in [0, 0.05) is 26.2 Å². The Kier molecular flexibility index (Phi) is 4.81. The molecule has 0 bridgehead atoms. The van der Waals surface area contributed by atoms with Crippen molar-refractivity contribution in [2.75, 3.05) is 26.9 Å². The number of carbonyl (C=O) groups is 2.